The normalized spacial score (nSPS) is 10.5. The molecule has 0 aliphatic carbocycles. The van der Waals surface area contributed by atoms with E-state index < -0.39 is 4.92 Å². The molecule has 6 nitrogen and oxygen atoms in total. The topological polar surface area (TPSA) is 86.5 Å². The van der Waals surface area contributed by atoms with E-state index in [-0.39, 0.29) is 16.8 Å². The average molecular weight is 450 g/mol. The van der Waals surface area contributed by atoms with Gasteiger partial charge in [0.1, 0.15) is 5.75 Å². The smallest absolute Gasteiger partial charge is 0.311 e. The van der Waals surface area contributed by atoms with Crippen LogP contribution in [0.4, 0.5) is 5.69 Å². The van der Waals surface area contributed by atoms with Gasteiger partial charge in [-0.15, -0.1) is 0 Å². The van der Waals surface area contributed by atoms with Gasteiger partial charge in [0, 0.05) is 29.0 Å². The minimum absolute atomic E-state index is 0.0107. The summed E-state index contributed by atoms with van der Waals surface area (Å²) in [7, 11) is 0. The predicted molar refractivity (Wildman–Crippen MR) is 125 cm³/mol. The highest BCUT2D eigenvalue weighted by molar-refractivity contribution is 8.14. The van der Waals surface area contributed by atoms with Gasteiger partial charge in [0.15, 0.2) is 0 Å². The molecule has 0 fully saturated rings. The second kappa shape index (κ2) is 11.2. The second-order valence-electron chi connectivity index (χ2n) is 7.17. The summed E-state index contributed by atoms with van der Waals surface area (Å²) >= 11 is 1.02. The Morgan fingerprint density at radius 3 is 2.03 bits per heavy atom. The Morgan fingerprint density at radius 1 is 0.875 bits per heavy atom. The summed E-state index contributed by atoms with van der Waals surface area (Å²) in [5, 5.41) is 10.6. The zero-order valence-corrected chi connectivity index (χ0v) is 18.5. The van der Waals surface area contributed by atoms with E-state index in [9.17, 15) is 19.7 Å². The lowest BCUT2D eigenvalue weighted by Crippen LogP contribution is -2.07. The van der Waals surface area contributed by atoms with Gasteiger partial charge in [-0.1, -0.05) is 44.0 Å². The SMILES string of the molecule is CCCCCC(=O)Oc1ccc(-c2ccc(C(=O)Sc3ccc([N+](=O)[O-])cc3)cc2)cc1. The predicted octanol–water partition coefficient (Wildman–Crippen LogP) is 6.68. The standard InChI is InChI=1S/C25H23NO5S/c1-2-3-4-5-24(27)31-22-14-10-19(11-15-22)18-6-8-20(9-7-18)25(28)32-23-16-12-21(13-17-23)26(29)30/h6-17H,2-5H2,1H3. The number of rotatable bonds is 9. The first-order chi connectivity index (χ1) is 15.5. The van der Waals surface area contributed by atoms with E-state index in [1.807, 2.05) is 24.3 Å². The number of hydrogen-bond donors (Lipinski definition) is 0. The van der Waals surface area contributed by atoms with E-state index in [0.29, 0.717) is 22.6 Å². The van der Waals surface area contributed by atoms with Crippen molar-refractivity contribution in [1.82, 2.24) is 0 Å². The number of nitro benzene ring substituents is 1. The van der Waals surface area contributed by atoms with Gasteiger partial charge in [0.25, 0.3) is 5.69 Å². The molecule has 0 radical (unpaired) electrons. The molecule has 0 aliphatic heterocycles. The van der Waals surface area contributed by atoms with Gasteiger partial charge in [0.05, 0.1) is 4.92 Å². The molecule has 3 aromatic rings. The summed E-state index contributed by atoms with van der Waals surface area (Å²) in [6, 6.07) is 20.4. The van der Waals surface area contributed by atoms with E-state index in [1.54, 1.807) is 36.4 Å². The number of esters is 1. The first kappa shape index (κ1) is 23.2. The molecule has 164 valence electrons. The van der Waals surface area contributed by atoms with Crippen LogP contribution in [0.5, 0.6) is 5.75 Å². The fourth-order valence-electron chi connectivity index (χ4n) is 3.02. The van der Waals surface area contributed by atoms with Gasteiger partial charge < -0.3 is 4.74 Å². The molecular weight excluding hydrogens is 426 g/mol. The summed E-state index contributed by atoms with van der Waals surface area (Å²) < 4.78 is 5.36. The van der Waals surface area contributed by atoms with Crippen LogP contribution in [0.25, 0.3) is 11.1 Å². The van der Waals surface area contributed by atoms with E-state index in [2.05, 4.69) is 6.92 Å². The Labute approximate surface area is 190 Å². The maximum Gasteiger partial charge on any atom is 0.311 e. The molecule has 0 saturated heterocycles. The lowest BCUT2D eigenvalue weighted by Gasteiger charge is -2.07. The van der Waals surface area contributed by atoms with Crippen LogP contribution in [0.3, 0.4) is 0 Å². The molecule has 0 amide bonds. The van der Waals surface area contributed by atoms with Crippen LogP contribution in [-0.2, 0) is 4.79 Å². The number of nitrogens with zero attached hydrogens (tertiary/aromatic N) is 1. The molecule has 3 aromatic carbocycles. The third kappa shape index (κ3) is 6.52. The van der Waals surface area contributed by atoms with Crippen molar-refractivity contribution in [3.63, 3.8) is 0 Å². The molecule has 0 atom stereocenters. The number of carbonyl (C=O) groups excluding carboxylic acids is 2. The molecule has 3 rings (SSSR count). The van der Waals surface area contributed by atoms with E-state index in [0.717, 1.165) is 42.2 Å². The van der Waals surface area contributed by atoms with Crippen molar-refractivity contribution in [1.29, 1.82) is 0 Å². The summed E-state index contributed by atoms with van der Waals surface area (Å²) in [6.45, 7) is 2.09. The minimum atomic E-state index is -0.473. The number of unbranched alkanes of at least 4 members (excludes halogenated alkanes) is 2. The van der Waals surface area contributed by atoms with E-state index in [4.69, 9.17) is 4.74 Å². The number of nitro groups is 1. The number of carbonyl (C=O) groups is 2. The maximum atomic E-state index is 12.5. The lowest BCUT2D eigenvalue weighted by molar-refractivity contribution is -0.384. The van der Waals surface area contributed by atoms with Crippen LogP contribution in [0.15, 0.2) is 77.7 Å². The second-order valence-corrected chi connectivity index (χ2v) is 8.22. The Balaban J connectivity index is 1.59. The third-order valence-corrected chi connectivity index (χ3v) is 5.71. The van der Waals surface area contributed by atoms with Crippen molar-refractivity contribution in [2.24, 2.45) is 0 Å². The zero-order valence-electron chi connectivity index (χ0n) is 17.7. The van der Waals surface area contributed by atoms with Crippen molar-refractivity contribution in [2.75, 3.05) is 0 Å². The Bertz CT molecular complexity index is 1080. The first-order valence-electron chi connectivity index (χ1n) is 10.3. The highest BCUT2D eigenvalue weighted by Crippen LogP contribution is 2.27. The van der Waals surface area contributed by atoms with Crippen molar-refractivity contribution >= 4 is 28.5 Å². The van der Waals surface area contributed by atoms with Crippen LogP contribution < -0.4 is 4.74 Å². The van der Waals surface area contributed by atoms with Gasteiger partial charge in [-0.25, -0.2) is 0 Å². The van der Waals surface area contributed by atoms with Crippen molar-refractivity contribution in [3.8, 4) is 16.9 Å². The van der Waals surface area contributed by atoms with Gasteiger partial charge in [-0.3, -0.25) is 19.7 Å². The highest BCUT2D eigenvalue weighted by Gasteiger charge is 2.11. The van der Waals surface area contributed by atoms with Crippen molar-refractivity contribution in [3.05, 3.63) is 88.5 Å². The van der Waals surface area contributed by atoms with Crippen molar-refractivity contribution in [2.45, 2.75) is 37.5 Å². The monoisotopic (exact) mass is 449 g/mol. The summed E-state index contributed by atoms with van der Waals surface area (Å²) in [5.74, 6) is 0.293. The van der Waals surface area contributed by atoms with Crippen LogP contribution in [0.1, 0.15) is 43.0 Å². The average Bonchev–Trinajstić information content (AvgIpc) is 2.80. The van der Waals surface area contributed by atoms with Gasteiger partial charge in [0.2, 0.25) is 5.12 Å². The summed E-state index contributed by atoms with van der Waals surface area (Å²) in [6.07, 6.45) is 3.32. The molecule has 0 spiro atoms. The third-order valence-electron chi connectivity index (χ3n) is 4.78. The first-order valence-corrected chi connectivity index (χ1v) is 11.2. The Hall–Kier alpha value is -3.45. The van der Waals surface area contributed by atoms with Crippen LogP contribution in [0, 0.1) is 10.1 Å². The van der Waals surface area contributed by atoms with Crippen LogP contribution in [-0.4, -0.2) is 16.0 Å². The van der Waals surface area contributed by atoms with Gasteiger partial charge in [-0.05, 0) is 65.7 Å². The largest absolute Gasteiger partial charge is 0.427 e. The fraction of sp³-hybridized carbons (Fsp3) is 0.200. The fourth-order valence-corrected chi connectivity index (χ4v) is 3.76. The summed E-state index contributed by atoms with van der Waals surface area (Å²) in [4.78, 5) is 35.2. The highest BCUT2D eigenvalue weighted by atomic mass is 32.2. The van der Waals surface area contributed by atoms with Crippen LogP contribution >= 0.6 is 11.8 Å². The molecule has 0 aromatic heterocycles. The summed E-state index contributed by atoms with van der Waals surface area (Å²) in [5.41, 5.74) is 2.40. The molecule has 0 saturated carbocycles. The lowest BCUT2D eigenvalue weighted by atomic mass is 10.0. The number of hydrogen-bond acceptors (Lipinski definition) is 6. The molecule has 0 N–H and O–H groups in total. The number of ether oxygens (including phenoxy) is 1. The number of non-ortho nitro benzene ring substituents is 1. The Morgan fingerprint density at radius 2 is 1.47 bits per heavy atom. The molecular formula is C25H23NO5S. The van der Waals surface area contributed by atoms with E-state index in [1.165, 1.54) is 12.1 Å². The molecule has 0 bridgehead atoms. The van der Waals surface area contributed by atoms with Gasteiger partial charge >= 0.3 is 5.97 Å². The molecule has 0 unspecified atom stereocenters. The molecule has 7 heteroatoms. The van der Waals surface area contributed by atoms with Crippen molar-refractivity contribution < 1.29 is 19.2 Å². The quantitative estimate of drug-likeness (QED) is 0.0904. The molecule has 0 heterocycles. The molecule has 0 aliphatic rings. The number of thioether (sulfide) groups is 1. The Kier molecular flexibility index (Phi) is 8.16. The number of benzene rings is 3. The molecule has 32 heavy (non-hydrogen) atoms. The minimum Gasteiger partial charge on any atom is -0.427 e. The van der Waals surface area contributed by atoms with Crippen LogP contribution in [0.2, 0.25) is 0 Å². The maximum absolute atomic E-state index is 12.5. The van der Waals surface area contributed by atoms with Gasteiger partial charge in [-0.2, -0.15) is 0 Å². The zero-order chi connectivity index (χ0) is 22.9. The van der Waals surface area contributed by atoms with E-state index >= 15 is 0 Å².